The minimum Gasteiger partial charge on any atom is -0.497 e. The van der Waals surface area contributed by atoms with Crippen molar-refractivity contribution in [2.24, 2.45) is 10.9 Å². The predicted octanol–water partition coefficient (Wildman–Crippen LogP) is 2.98. The molecule has 1 fully saturated rings. The Kier molecular flexibility index (Phi) is 6.56. The fourth-order valence-electron chi connectivity index (χ4n) is 2.95. The lowest BCUT2D eigenvalue weighted by Gasteiger charge is -2.28. The maximum Gasteiger partial charge on any atom is 0.191 e. The number of guanidine groups is 1. The van der Waals surface area contributed by atoms with Gasteiger partial charge in [-0.05, 0) is 55.7 Å². The molecule has 4 heteroatoms. The molecule has 2 N–H and O–H groups in total. The number of hydrogen-bond donors (Lipinski definition) is 2. The molecule has 1 aliphatic carbocycles. The average Bonchev–Trinajstić information content (AvgIpc) is 2.56. The van der Waals surface area contributed by atoms with E-state index in [0.717, 1.165) is 30.6 Å². The van der Waals surface area contributed by atoms with Crippen LogP contribution in [0.25, 0.3) is 0 Å². The van der Waals surface area contributed by atoms with Crippen LogP contribution < -0.4 is 15.4 Å². The van der Waals surface area contributed by atoms with Gasteiger partial charge in [-0.25, -0.2) is 0 Å². The average molecular weight is 303 g/mol. The highest BCUT2D eigenvalue weighted by Crippen LogP contribution is 2.23. The molecule has 0 aliphatic heterocycles. The zero-order chi connectivity index (χ0) is 15.8. The van der Waals surface area contributed by atoms with Crippen LogP contribution in [0.2, 0.25) is 0 Å². The van der Waals surface area contributed by atoms with E-state index >= 15 is 0 Å². The van der Waals surface area contributed by atoms with Crippen molar-refractivity contribution in [2.45, 2.75) is 45.1 Å². The molecule has 0 radical (unpaired) electrons. The third-order valence-electron chi connectivity index (χ3n) is 4.42. The fourth-order valence-corrected chi connectivity index (χ4v) is 2.95. The summed E-state index contributed by atoms with van der Waals surface area (Å²) in [4.78, 5) is 4.34. The van der Waals surface area contributed by atoms with E-state index in [1.807, 2.05) is 19.2 Å². The molecule has 0 unspecified atom stereocenters. The van der Waals surface area contributed by atoms with E-state index in [2.05, 4.69) is 34.7 Å². The Labute approximate surface area is 134 Å². The molecule has 0 amide bonds. The Bertz CT molecular complexity index is 479. The number of benzene rings is 1. The first-order valence-electron chi connectivity index (χ1n) is 8.31. The summed E-state index contributed by atoms with van der Waals surface area (Å²) in [5.74, 6) is 2.71. The number of methoxy groups -OCH3 is 1. The summed E-state index contributed by atoms with van der Waals surface area (Å²) in [5, 5.41) is 6.96. The van der Waals surface area contributed by atoms with Gasteiger partial charge < -0.3 is 15.4 Å². The molecule has 1 aliphatic rings. The molecule has 122 valence electrons. The second-order valence-electron chi connectivity index (χ2n) is 6.20. The number of aliphatic imine (C=N–C) groups is 1. The van der Waals surface area contributed by atoms with Gasteiger partial charge in [-0.3, -0.25) is 4.99 Å². The highest BCUT2D eigenvalue weighted by atomic mass is 16.5. The van der Waals surface area contributed by atoms with Crippen LogP contribution in [0, 0.1) is 5.92 Å². The van der Waals surface area contributed by atoms with E-state index in [-0.39, 0.29) is 0 Å². The molecule has 0 bridgehead atoms. The minimum atomic E-state index is 0.569. The maximum absolute atomic E-state index is 5.26. The molecular formula is C18H29N3O. The van der Waals surface area contributed by atoms with Gasteiger partial charge in [0.1, 0.15) is 5.75 Å². The molecule has 1 aromatic carbocycles. The third-order valence-corrected chi connectivity index (χ3v) is 4.42. The van der Waals surface area contributed by atoms with Gasteiger partial charge in [0.25, 0.3) is 0 Å². The Morgan fingerprint density at radius 1 is 1.27 bits per heavy atom. The molecule has 0 atom stereocenters. The smallest absolute Gasteiger partial charge is 0.191 e. The Morgan fingerprint density at radius 2 is 2.05 bits per heavy atom. The maximum atomic E-state index is 5.26. The van der Waals surface area contributed by atoms with Crippen LogP contribution in [0.15, 0.2) is 29.3 Å². The van der Waals surface area contributed by atoms with Gasteiger partial charge in [0.15, 0.2) is 5.96 Å². The van der Waals surface area contributed by atoms with E-state index in [1.165, 1.54) is 31.2 Å². The van der Waals surface area contributed by atoms with Gasteiger partial charge in [0.2, 0.25) is 0 Å². The fraction of sp³-hybridized carbons (Fsp3) is 0.611. The normalized spacial score (nSPS) is 22.2. The predicted molar refractivity (Wildman–Crippen MR) is 92.6 cm³/mol. The van der Waals surface area contributed by atoms with Crippen LogP contribution in [0.3, 0.4) is 0 Å². The van der Waals surface area contributed by atoms with Gasteiger partial charge >= 0.3 is 0 Å². The van der Waals surface area contributed by atoms with Crippen molar-refractivity contribution < 1.29 is 4.74 Å². The van der Waals surface area contributed by atoms with Gasteiger partial charge in [-0.1, -0.05) is 19.1 Å². The third kappa shape index (κ3) is 5.24. The summed E-state index contributed by atoms with van der Waals surface area (Å²) in [6.45, 7) is 3.22. The number of ether oxygens (including phenoxy) is 1. The van der Waals surface area contributed by atoms with Crippen LogP contribution >= 0.6 is 0 Å². The van der Waals surface area contributed by atoms with Crippen molar-refractivity contribution in [3.8, 4) is 5.75 Å². The summed E-state index contributed by atoms with van der Waals surface area (Å²) >= 11 is 0. The van der Waals surface area contributed by atoms with E-state index in [0.29, 0.717) is 6.04 Å². The molecule has 0 aromatic heterocycles. The van der Waals surface area contributed by atoms with Crippen LogP contribution in [-0.4, -0.2) is 32.7 Å². The topological polar surface area (TPSA) is 45.7 Å². The largest absolute Gasteiger partial charge is 0.497 e. The number of rotatable bonds is 5. The second kappa shape index (κ2) is 8.66. The van der Waals surface area contributed by atoms with Crippen molar-refractivity contribution in [3.63, 3.8) is 0 Å². The van der Waals surface area contributed by atoms with Gasteiger partial charge in [0.05, 0.1) is 7.11 Å². The summed E-state index contributed by atoms with van der Waals surface area (Å²) in [6.07, 6.45) is 6.09. The molecule has 1 saturated carbocycles. The van der Waals surface area contributed by atoms with Crippen LogP contribution in [-0.2, 0) is 6.42 Å². The molecule has 2 rings (SSSR count). The van der Waals surface area contributed by atoms with Gasteiger partial charge in [-0.15, -0.1) is 0 Å². The first-order valence-corrected chi connectivity index (χ1v) is 8.31. The van der Waals surface area contributed by atoms with Gasteiger partial charge in [0, 0.05) is 19.6 Å². The molecule has 0 spiro atoms. The summed E-state index contributed by atoms with van der Waals surface area (Å²) < 4.78 is 5.26. The highest BCUT2D eigenvalue weighted by Gasteiger charge is 2.18. The van der Waals surface area contributed by atoms with Crippen molar-refractivity contribution in [1.82, 2.24) is 10.6 Å². The van der Waals surface area contributed by atoms with E-state index in [4.69, 9.17) is 4.74 Å². The number of nitrogens with zero attached hydrogens (tertiary/aromatic N) is 1. The SMILES string of the molecule is CN=C(NCCc1cccc(OC)c1)NC1CCC(C)CC1. The van der Waals surface area contributed by atoms with Gasteiger partial charge in [-0.2, -0.15) is 0 Å². The first-order chi connectivity index (χ1) is 10.7. The second-order valence-corrected chi connectivity index (χ2v) is 6.20. The minimum absolute atomic E-state index is 0.569. The highest BCUT2D eigenvalue weighted by molar-refractivity contribution is 5.79. The van der Waals surface area contributed by atoms with Crippen LogP contribution in [0.1, 0.15) is 38.2 Å². The molecular weight excluding hydrogens is 274 g/mol. The summed E-state index contributed by atoms with van der Waals surface area (Å²) in [7, 11) is 3.54. The monoisotopic (exact) mass is 303 g/mol. The summed E-state index contributed by atoms with van der Waals surface area (Å²) in [5.41, 5.74) is 1.27. The molecule has 0 saturated heterocycles. The molecule has 4 nitrogen and oxygen atoms in total. The standard InChI is InChI=1S/C18H29N3O/c1-14-7-9-16(10-8-14)21-18(19-2)20-12-11-15-5-4-6-17(13-15)22-3/h4-6,13-14,16H,7-12H2,1-3H3,(H2,19,20,21). The molecule has 1 aromatic rings. The van der Waals surface area contributed by atoms with Crippen LogP contribution in [0.4, 0.5) is 0 Å². The van der Waals surface area contributed by atoms with Crippen molar-refractivity contribution in [3.05, 3.63) is 29.8 Å². The zero-order valence-corrected chi connectivity index (χ0v) is 14.1. The van der Waals surface area contributed by atoms with E-state index < -0.39 is 0 Å². The zero-order valence-electron chi connectivity index (χ0n) is 14.1. The van der Waals surface area contributed by atoms with E-state index in [9.17, 15) is 0 Å². The summed E-state index contributed by atoms with van der Waals surface area (Å²) in [6, 6.07) is 8.79. The Balaban J connectivity index is 1.74. The first kappa shape index (κ1) is 16.7. The van der Waals surface area contributed by atoms with Crippen molar-refractivity contribution in [2.75, 3.05) is 20.7 Å². The number of nitrogens with one attached hydrogen (secondary N) is 2. The lowest BCUT2D eigenvalue weighted by atomic mass is 9.87. The molecule has 0 heterocycles. The lowest BCUT2D eigenvalue weighted by molar-refractivity contribution is 0.329. The molecule has 22 heavy (non-hydrogen) atoms. The Hall–Kier alpha value is -1.71. The number of hydrogen-bond acceptors (Lipinski definition) is 2. The Morgan fingerprint density at radius 3 is 2.73 bits per heavy atom. The van der Waals surface area contributed by atoms with Crippen LogP contribution in [0.5, 0.6) is 5.75 Å². The lowest BCUT2D eigenvalue weighted by Crippen LogP contribution is -2.45. The van der Waals surface area contributed by atoms with Crippen molar-refractivity contribution in [1.29, 1.82) is 0 Å². The van der Waals surface area contributed by atoms with E-state index in [1.54, 1.807) is 7.11 Å². The quantitative estimate of drug-likeness (QED) is 0.649. The van der Waals surface area contributed by atoms with Crippen molar-refractivity contribution >= 4 is 5.96 Å².